The molecule has 1 saturated heterocycles. The summed E-state index contributed by atoms with van der Waals surface area (Å²) in [6.07, 6.45) is 4.20. The van der Waals surface area contributed by atoms with Gasteiger partial charge in [0.2, 0.25) is 5.78 Å². The maximum absolute atomic E-state index is 13.6. The molecular weight excluding hydrogens is 439 g/mol. The maximum Gasteiger partial charge on any atom is 0.217 e. The molecule has 4 atom stereocenters. The second kappa shape index (κ2) is 8.57. The monoisotopic (exact) mass is 472 g/mol. The van der Waals surface area contributed by atoms with Crippen LogP contribution in [-0.4, -0.2) is 50.7 Å². The fourth-order valence-corrected chi connectivity index (χ4v) is 5.53. The largest absolute Gasteiger partial charge is 0.379 e. The molecule has 33 heavy (non-hydrogen) atoms. The van der Waals surface area contributed by atoms with Gasteiger partial charge in [0.25, 0.3) is 0 Å². The minimum absolute atomic E-state index is 0.0764. The number of rotatable bonds is 6. The van der Waals surface area contributed by atoms with E-state index in [1.807, 2.05) is 38.4 Å². The third kappa shape index (κ3) is 4.48. The molecule has 8 nitrogen and oxygen atoms in total. The number of pyridine rings is 1. The third-order valence-electron chi connectivity index (χ3n) is 6.56. The topological polar surface area (TPSA) is 95.3 Å². The number of nitrogens with zero attached hydrogens (tertiary/aromatic N) is 3. The zero-order valence-corrected chi connectivity index (χ0v) is 21.3. The van der Waals surface area contributed by atoms with Gasteiger partial charge >= 0.3 is 0 Å². The molecule has 2 aliphatic rings. The summed E-state index contributed by atoms with van der Waals surface area (Å²) in [4.78, 5) is 17.8. The van der Waals surface area contributed by atoms with Crippen molar-refractivity contribution in [2.75, 3.05) is 11.5 Å². The zero-order valence-electron chi connectivity index (χ0n) is 20.4. The minimum Gasteiger partial charge on any atom is -0.379 e. The summed E-state index contributed by atoms with van der Waals surface area (Å²) in [5.41, 5.74) is 3.21. The fourth-order valence-electron chi connectivity index (χ4n) is 4.98. The number of hydrogen-bond donors (Lipinski definition) is 1. The first-order chi connectivity index (χ1) is 15.4. The molecule has 1 aliphatic carbocycles. The van der Waals surface area contributed by atoms with E-state index < -0.39 is 5.79 Å². The number of carbonyl (C=O) groups excluding carboxylic acids is 1. The lowest BCUT2D eigenvalue weighted by Crippen LogP contribution is -2.34. The summed E-state index contributed by atoms with van der Waals surface area (Å²) in [5.74, 6) is -0.747. The summed E-state index contributed by atoms with van der Waals surface area (Å²) in [6, 6.07) is 1.73. The van der Waals surface area contributed by atoms with E-state index in [-0.39, 0.29) is 43.9 Å². The molecule has 2 aromatic rings. The number of anilines is 1. The fraction of sp³-hybridized carbons (Fsp3) is 0.625. The van der Waals surface area contributed by atoms with Gasteiger partial charge in [-0.25, -0.2) is 0 Å². The van der Waals surface area contributed by atoms with Crippen LogP contribution < -0.4 is 5.32 Å². The van der Waals surface area contributed by atoms with Crippen LogP contribution in [0.4, 0.5) is 5.69 Å². The van der Waals surface area contributed by atoms with Gasteiger partial charge in [-0.05, 0) is 61.0 Å². The standard InChI is InChI=1S/C24H33N4O4P/c1-13-14(2)28(23(3,4)5)27-19(13)20(29)16-11-25-9-8-17(16)26-18-10-15(12-33-30)21-22(18)32-24(6,7)31-21/h8-9,11,15,18,21-22H,10,12H2,1-7H3,(H,25,26)/t15-,18-,21-,22+/m1/s1. The Balaban J connectivity index is 1.64. The Hall–Kier alpha value is -2.15. The van der Waals surface area contributed by atoms with Crippen molar-refractivity contribution >= 4 is 19.9 Å². The molecule has 0 radical (unpaired) electrons. The molecule has 1 aliphatic heterocycles. The molecular formula is C24H33N4O4P. The molecule has 1 saturated carbocycles. The molecule has 0 amide bonds. The molecule has 2 aromatic heterocycles. The van der Waals surface area contributed by atoms with E-state index in [2.05, 4.69) is 36.2 Å². The van der Waals surface area contributed by atoms with Crippen molar-refractivity contribution in [2.24, 2.45) is 5.92 Å². The summed E-state index contributed by atoms with van der Waals surface area (Å²) >= 11 is 0. The summed E-state index contributed by atoms with van der Waals surface area (Å²) < 4.78 is 25.5. The molecule has 4 rings (SSSR count). The average Bonchev–Trinajstić information content (AvgIpc) is 3.32. The Morgan fingerprint density at radius 3 is 2.61 bits per heavy atom. The van der Waals surface area contributed by atoms with Crippen LogP contribution in [0.25, 0.3) is 0 Å². The van der Waals surface area contributed by atoms with Crippen LogP contribution in [0.15, 0.2) is 18.5 Å². The SMILES string of the molecule is Cc1c(C(=O)c2cnccc2N[C@@H]2C[C@H](CP=O)[C@H]3OC(C)(C)O[C@H]32)nn(C(C)(C)C)c1C. The normalized spacial score (nSPS) is 26.5. The lowest BCUT2D eigenvalue weighted by Gasteiger charge is -2.24. The highest BCUT2D eigenvalue weighted by atomic mass is 31.1. The second-order valence-corrected chi connectivity index (χ2v) is 11.1. The van der Waals surface area contributed by atoms with Gasteiger partial charge in [0.05, 0.1) is 23.2 Å². The summed E-state index contributed by atoms with van der Waals surface area (Å²) in [6.45, 7) is 13.9. The predicted octanol–water partition coefficient (Wildman–Crippen LogP) is 4.49. The van der Waals surface area contributed by atoms with Crippen LogP contribution >= 0.6 is 8.46 Å². The van der Waals surface area contributed by atoms with E-state index in [1.165, 1.54) is 0 Å². The van der Waals surface area contributed by atoms with Crippen molar-refractivity contribution in [3.05, 3.63) is 41.0 Å². The number of ketones is 1. The predicted molar refractivity (Wildman–Crippen MR) is 126 cm³/mol. The van der Waals surface area contributed by atoms with E-state index >= 15 is 0 Å². The van der Waals surface area contributed by atoms with Crippen LogP contribution in [0.1, 0.15) is 68.3 Å². The van der Waals surface area contributed by atoms with Crippen LogP contribution in [0.2, 0.25) is 0 Å². The highest BCUT2D eigenvalue weighted by Crippen LogP contribution is 2.44. The highest BCUT2D eigenvalue weighted by Gasteiger charge is 2.54. The lowest BCUT2D eigenvalue weighted by molar-refractivity contribution is -0.156. The minimum atomic E-state index is -0.695. The summed E-state index contributed by atoms with van der Waals surface area (Å²) in [7, 11) is 0.1000. The van der Waals surface area contributed by atoms with E-state index in [0.29, 0.717) is 23.1 Å². The van der Waals surface area contributed by atoms with E-state index in [0.717, 1.165) is 17.7 Å². The van der Waals surface area contributed by atoms with Gasteiger partial charge in [-0.1, -0.05) is 0 Å². The lowest BCUT2D eigenvalue weighted by atomic mass is 10.0. The van der Waals surface area contributed by atoms with Crippen LogP contribution in [-0.2, 0) is 19.6 Å². The smallest absolute Gasteiger partial charge is 0.217 e. The second-order valence-electron chi connectivity index (χ2n) is 10.5. The van der Waals surface area contributed by atoms with Crippen molar-refractivity contribution in [3.63, 3.8) is 0 Å². The Morgan fingerprint density at radius 2 is 1.97 bits per heavy atom. The van der Waals surface area contributed by atoms with Gasteiger partial charge < -0.3 is 14.8 Å². The average molecular weight is 473 g/mol. The zero-order chi connectivity index (χ0) is 24.1. The number of carbonyl (C=O) groups is 1. The number of aromatic nitrogens is 3. The van der Waals surface area contributed by atoms with Gasteiger partial charge in [0.15, 0.2) is 14.2 Å². The van der Waals surface area contributed by atoms with E-state index in [4.69, 9.17) is 9.47 Å². The number of hydrogen-bond acceptors (Lipinski definition) is 7. The first kappa shape index (κ1) is 24.0. The number of nitrogens with one attached hydrogen (secondary N) is 1. The van der Waals surface area contributed by atoms with Crippen molar-refractivity contribution in [2.45, 2.75) is 84.5 Å². The van der Waals surface area contributed by atoms with E-state index in [1.54, 1.807) is 12.4 Å². The summed E-state index contributed by atoms with van der Waals surface area (Å²) in [5, 5.41) is 8.19. The Labute approximate surface area is 196 Å². The van der Waals surface area contributed by atoms with Crippen LogP contribution in [0.3, 0.4) is 0 Å². The number of ether oxygens (including phenoxy) is 2. The van der Waals surface area contributed by atoms with Crippen molar-refractivity contribution in [1.82, 2.24) is 14.8 Å². The molecule has 0 unspecified atom stereocenters. The first-order valence-electron chi connectivity index (χ1n) is 11.4. The van der Waals surface area contributed by atoms with Crippen LogP contribution in [0.5, 0.6) is 0 Å². The van der Waals surface area contributed by atoms with Crippen molar-refractivity contribution < 1.29 is 18.8 Å². The van der Waals surface area contributed by atoms with Gasteiger partial charge in [0.1, 0.15) is 11.8 Å². The van der Waals surface area contributed by atoms with Crippen LogP contribution in [0, 0.1) is 19.8 Å². The Morgan fingerprint density at radius 1 is 1.27 bits per heavy atom. The molecule has 2 fully saturated rings. The molecule has 0 spiro atoms. The maximum atomic E-state index is 13.6. The highest BCUT2D eigenvalue weighted by molar-refractivity contribution is 7.23. The molecule has 0 aromatic carbocycles. The molecule has 178 valence electrons. The first-order valence-corrected chi connectivity index (χ1v) is 12.4. The molecule has 0 bridgehead atoms. The quantitative estimate of drug-likeness (QED) is 0.489. The molecule has 1 N–H and O–H groups in total. The molecule has 3 heterocycles. The number of fused-ring (bicyclic) bond motifs is 1. The van der Waals surface area contributed by atoms with E-state index in [9.17, 15) is 9.36 Å². The van der Waals surface area contributed by atoms with Gasteiger partial charge in [-0.2, -0.15) is 5.10 Å². The third-order valence-corrected chi connectivity index (χ3v) is 7.18. The van der Waals surface area contributed by atoms with Gasteiger partial charge in [-0.15, -0.1) is 0 Å². The van der Waals surface area contributed by atoms with Gasteiger partial charge in [-0.3, -0.25) is 19.0 Å². The van der Waals surface area contributed by atoms with Gasteiger partial charge in [0, 0.05) is 41.4 Å². The van der Waals surface area contributed by atoms with Crippen molar-refractivity contribution in [1.29, 1.82) is 0 Å². The molecule has 9 heteroatoms. The Kier molecular flexibility index (Phi) is 6.23. The van der Waals surface area contributed by atoms with Crippen molar-refractivity contribution in [3.8, 4) is 0 Å². The Bertz CT molecular complexity index is 1070.